The van der Waals surface area contributed by atoms with Gasteiger partial charge in [-0.25, -0.2) is 13.4 Å². The van der Waals surface area contributed by atoms with Crippen molar-refractivity contribution in [1.82, 2.24) is 4.98 Å². The van der Waals surface area contributed by atoms with E-state index in [0.717, 1.165) is 25.2 Å². The van der Waals surface area contributed by atoms with Gasteiger partial charge in [-0.1, -0.05) is 24.3 Å². The lowest BCUT2D eigenvalue weighted by Gasteiger charge is -2.30. The van der Waals surface area contributed by atoms with Crippen LogP contribution in [0.5, 0.6) is 0 Å². The zero-order valence-electron chi connectivity index (χ0n) is 13.8. The van der Waals surface area contributed by atoms with Gasteiger partial charge in [0.25, 0.3) is 0 Å². The lowest BCUT2D eigenvalue weighted by atomic mass is 10.00. The van der Waals surface area contributed by atoms with E-state index in [1.165, 1.54) is 11.1 Å². The molecule has 0 saturated carbocycles. The number of sulfone groups is 1. The second kappa shape index (κ2) is 5.64. The van der Waals surface area contributed by atoms with Gasteiger partial charge < -0.3 is 4.90 Å². The minimum atomic E-state index is -3.40. The molecule has 0 bridgehead atoms. The number of fused-ring (bicyclic) bond motifs is 1. The minimum Gasteiger partial charge on any atom is -0.366 e. The van der Waals surface area contributed by atoms with Gasteiger partial charge in [-0.15, -0.1) is 0 Å². The zero-order valence-corrected chi connectivity index (χ0v) is 14.6. The summed E-state index contributed by atoms with van der Waals surface area (Å²) in [5, 5.41) is 0.145. The average Bonchev–Trinajstić information content (AvgIpc) is 2.53. The molecule has 122 valence electrons. The van der Waals surface area contributed by atoms with Gasteiger partial charge in [0.1, 0.15) is 0 Å². The monoisotopic (exact) mass is 330 g/mol. The van der Waals surface area contributed by atoms with Crippen LogP contribution in [0.1, 0.15) is 31.9 Å². The summed E-state index contributed by atoms with van der Waals surface area (Å²) in [7, 11) is -3.40. The topological polar surface area (TPSA) is 50.3 Å². The molecule has 5 heteroatoms. The van der Waals surface area contributed by atoms with Crippen LogP contribution in [0.3, 0.4) is 0 Å². The third-order valence-corrected chi connectivity index (χ3v) is 6.70. The molecule has 3 rings (SSSR count). The van der Waals surface area contributed by atoms with Crippen molar-refractivity contribution < 1.29 is 8.42 Å². The molecule has 0 unspecified atom stereocenters. The number of rotatable bonds is 2. The lowest BCUT2D eigenvalue weighted by molar-refractivity contribution is 0.556. The second-order valence-corrected chi connectivity index (χ2v) is 9.56. The van der Waals surface area contributed by atoms with Crippen molar-refractivity contribution in [3.8, 4) is 0 Å². The first-order valence-electron chi connectivity index (χ1n) is 7.81. The summed E-state index contributed by atoms with van der Waals surface area (Å²) in [6.07, 6.45) is 2.67. The van der Waals surface area contributed by atoms with E-state index >= 15 is 0 Å². The molecule has 0 amide bonds. The van der Waals surface area contributed by atoms with Crippen molar-refractivity contribution in [3.63, 3.8) is 0 Å². The van der Waals surface area contributed by atoms with E-state index < -0.39 is 14.6 Å². The van der Waals surface area contributed by atoms with Crippen LogP contribution in [0.4, 0.5) is 5.69 Å². The van der Waals surface area contributed by atoms with Gasteiger partial charge in [-0.3, -0.25) is 0 Å². The summed E-state index contributed by atoms with van der Waals surface area (Å²) < 4.78 is 24.0. The van der Waals surface area contributed by atoms with Crippen LogP contribution < -0.4 is 4.90 Å². The summed E-state index contributed by atoms with van der Waals surface area (Å²) >= 11 is 0. The van der Waals surface area contributed by atoms with Gasteiger partial charge in [-0.05, 0) is 50.5 Å². The van der Waals surface area contributed by atoms with Crippen molar-refractivity contribution in [2.45, 2.75) is 43.5 Å². The van der Waals surface area contributed by atoms with Crippen LogP contribution in [-0.4, -0.2) is 24.7 Å². The van der Waals surface area contributed by atoms with E-state index in [-0.39, 0.29) is 5.03 Å². The van der Waals surface area contributed by atoms with E-state index in [1.807, 2.05) is 6.07 Å². The van der Waals surface area contributed by atoms with E-state index in [1.54, 1.807) is 33.0 Å². The van der Waals surface area contributed by atoms with E-state index in [0.29, 0.717) is 0 Å². The van der Waals surface area contributed by atoms with Crippen molar-refractivity contribution in [3.05, 3.63) is 53.7 Å². The quantitative estimate of drug-likeness (QED) is 0.848. The fourth-order valence-electron chi connectivity index (χ4n) is 2.75. The first-order chi connectivity index (χ1) is 10.8. The summed E-state index contributed by atoms with van der Waals surface area (Å²) in [4.78, 5) is 6.46. The van der Waals surface area contributed by atoms with Gasteiger partial charge in [0.05, 0.1) is 16.6 Å². The molecule has 1 aromatic carbocycles. The first kappa shape index (κ1) is 16.0. The molecule has 0 saturated heterocycles. The molecule has 0 fully saturated rings. The van der Waals surface area contributed by atoms with Crippen LogP contribution in [-0.2, 0) is 22.8 Å². The Morgan fingerprint density at radius 1 is 1.04 bits per heavy atom. The maximum absolute atomic E-state index is 12.4. The fourth-order valence-corrected chi connectivity index (χ4v) is 3.81. The van der Waals surface area contributed by atoms with Gasteiger partial charge in [0, 0.05) is 13.1 Å². The molecule has 0 N–H and O–H groups in total. The maximum atomic E-state index is 12.4. The Balaban J connectivity index is 1.84. The van der Waals surface area contributed by atoms with Crippen molar-refractivity contribution >= 4 is 15.5 Å². The highest BCUT2D eigenvalue weighted by Crippen LogP contribution is 2.27. The molecule has 1 aliphatic heterocycles. The molecule has 2 aromatic rings. The molecule has 1 aliphatic rings. The molecule has 1 aromatic heterocycles. The molecule has 0 spiro atoms. The molecule has 2 heterocycles. The van der Waals surface area contributed by atoms with Gasteiger partial charge in [-0.2, -0.15) is 0 Å². The summed E-state index contributed by atoms with van der Waals surface area (Å²) in [5.74, 6) is 0. The van der Waals surface area contributed by atoms with Crippen molar-refractivity contribution in [2.24, 2.45) is 0 Å². The number of benzene rings is 1. The minimum absolute atomic E-state index is 0.145. The van der Waals surface area contributed by atoms with Crippen LogP contribution in [0.25, 0.3) is 0 Å². The highest BCUT2D eigenvalue weighted by molar-refractivity contribution is 7.92. The zero-order chi connectivity index (χ0) is 16.7. The summed E-state index contributed by atoms with van der Waals surface area (Å²) in [6, 6.07) is 11.9. The number of hydrogen-bond donors (Lipinski definition) is 0. The number of nitrogens with zero attached hydrogens (tertiary/aromatic N) is 2. The molecule has 4 nitrogen and oxygen atoms in total. The second-order valence-electron chi connectivity index (χ2n) is 6.91. The largest absolute Gasteiger partial charge is 0.366 e. The Bertz CT molecular complexity index is 806. The number of aromatic nitrogens is 1. The third-order valence-electron chi connectivity index (χ3n) is 4.30. The Hall–Kier alpha value is -1.88. The Labute approximate surface area is 138 Å². The highest BCUT2D eigenvalue weighted by atomic mass is 32.2. The van der Waals surface area contributed by atoms with Crippen molar-refractivity contribution in [2.75, 3.05) is 11.4 Å². The normalized spacial score (nSPS) is 15.3. The van der Waals surface area contributed by atoms with Crippen LogP contribution in [0, 0.1) is 0 Å². The number of anilines is 1. The summed E-state index contributed by atoms with van der Waals surface area (Å²) in [5.41, 5.74) is 3.68. The molecule has 0 radical (unpaired) electrons. The van der Waals surface area contributed by atoms with Crippen LogP contribution in [0.2, 0.25) is 0 Å². The standard InChI is InChI=1S/C18H22N2O2S/c1-18(2,3)23(21,22)17-9-8-16(12-19-17)20-11-10-14-6-4-5-7-15(14)13-20/h4-9,12H,10-11,13H2,1-3H3. The van der Waals surface area contributed by atoms with E-state index in [2.05, 4.69) is 34.1 Å². The van der Waals surface area contributed by atoms with Gasteiger partial charge >= 0.3 is 0 Å². The SMILES string of the molecule is CC(C)(C)S(=O)(=O)c1ccc(N2CCc3ccccc3C2)cn1. The van der Waals surface area contributed by atoms with Crippen molar-refractivity contribution in [1.29, 1.82) is 0 Å². The molecule has 23 heavy (non-hydrogen) atoms. The van der Waals surface area contributed by atoms with Crippen LogP contribution in [0.15, 0.2) is 47.6 Å². The predicted octanol–water partition coefficient (Wildman–Crippen LogP) is 3.22. The first-order valence-corrected chi connectivity index (χ1v) is 9.30. The van der Waals surface area contributed by atoms with E-state index in [4.69, 9.17) is 0 Å². The Kier molecular flexibility index (Phi) is 3.92. The smallest absolute Gasteiger partial charge is 0.200 e. The Morgan fingerprint density at radius 2 is 1.74 bits per heavy atom. The Morgan fingerprint density at radius 3 is 2.35 bits per heavy atom. The molecular weight excluding hydrogens is 308 g/mol. The molecule has 0 aliphatic carbocycles. The molecular formula is C18H22N2O2S. The predicted molar refractivity (Wildman–Crippen MR) is 92.4 cm³/mol. The lowest BCUT2D eigenvalue weighted by Crippen LogP contribution is -2.31. The number of pyridine rings is 1. The van der Waals surface area contributed by atoms with E-state index in [9.17, 15) is 8.42 Å². The number of hydrogen-bond acceptors (Lipinski definition) is 4. The summed E-state index contributed by atoms with van der Waals surface area (Å²) in [6.45, 7) is 6.84. The van der Waals surface area contributed by atoms with Crippen LogP contribution >= 0.6 is 0 Å². The fraction of sp³-hybridized carbons (Fsp3) is 0.389. The van der Waals surface area contributed by atoms with Gasteiger partial charge in [0.15, 0.2) is 14.9 Å². The highest BCUT2D eigenvalue weighted by Gasteiger charge is 2.32. The maximum Gasteiger partial charge on any atom is 0.200 e. The van der Waals surface area contributed by atoms with Gasteiger partial charge in [0.2, 0.25) is 0 Å². The third kappa shape index (κ3) is 2.98. The molecule has 0 atom stereocenters. The average molecular weight is 330 g/mol.